The topological polar surface area (TPSA) is 99.3 Å². The van der Waals surface area contributed by atoms with Crippen molar-refractivity contribution in [1.29, 1.82) is 0 Å². The third kappa shape index (κ3) is 8.52. The number of aryl methyl sites for hydroxylation is 2. The van der Waals surface area contributed by atoms with Crippen LogP contribution in [0.5, 0.6) is 0 Å². The molecule has 0 saturated carbocycles. The summed E-state index contributed by atoms with van der Waals surface area (Å²) in [5, 5.41) is 1.14. The van der Waals surface area contributed by atoms with Gasteiger partial charge in [0.05, 0.1) is 11.1 Å². The number of amides is 1. The van der Waals surface area contributed by atoms with Gasteiger partial charge in [-0.1, -0.05) is 78.7 Å². The third-order valence-corrected chi connectivity index (χ3v) is 13.4. The van der Waals surface area contributed by atoms with Crippen molar-refractivity contribution in [3.63, 3.8) is 0 Å². The van der Waals surface area contributed by atoms with Crippen LogP contribution in [-0.2, 0) is 23.3 Å². The SMILES string of the molecule is Cc1cc(C)cc(-c2[nH]c3ccc(C(C)(C)C(=O)N4C5CCC4CC5)cc3c2C(C)CN(Cc2ccc(C(=O)c3ccncc3)cc2)Cc2ccc(C(=O)c3ccncc3)cc2)c1. The Labute approximate surface area is 370 Å². The van der Waals surface area contributed by atoms with Gasteiger partial charge in [-0.15, -0.1) is 0 Å². The van der Waals surface area contributed by atoms with Crippen LogP contribution in [0, 0.1) is 13.8 Å². The van der Waals surface area contributed by atoms with E-state index in [1.807, 2.05) is 48.5 Å². The molecule has 0 spiro atoms. The number of nitrogens with one attached hydrogen (secondary N) is 1. The number of pyridine rings is 2. The van der Waals surface area contributed by atoms with Gasteiger partial charge in [0.25, 0.3) is 0 Å². The number of nitrogens with zero attached hydrogens (tertiary/aromatic N) is 4. The zero-order valence-corrected chi connectivity index (χ0v) is 36.9. The smallest absolute Gasteiger partial charge is 0.233 e. The maximum absolute atomic E-state index is 14.4. The van der Waals surface area contributed by atoms with Crippen LogP contribution in [0.2, 0.25) is 0 Å². The van der Waals surface area contributed by atoms with E-state index >= 15 is 0 Å². The molecule has 0 radical (unpaired) electrons. The van der Waals surface area contributed by atoms with Crippen LogP contribution < -0.4 is 0 Å². The van der Waals surface area contributed by atoms with Gasteiger partial charge in [-0.3, -0.25) is 29.3 Å². The molecule has 5 heterocycles. The molecule has 8 nitrogen and oxygen atoms in total. The fraction of sp³-hybridized carbons (Fsp3) is 0.291. The molecule has 1 unspecified atom stereocenters. The van der Waals surface area contributed by atoms with E-state index in [9.17, 15) is 14.4 Å². The first-order valence-electron chi connectivity index (χ1n) is 22.3. The number of rotatable bonds is 14. The Balaban J connectivity index is 1.07. The first-order valence-corrected chi connectivity index (χ1v) is 22.3. The van der Waals surface area contributed by atoms with E-state index in [1.54, 1.807) is 49.1 Å². The minimum Gasteiger partial charge on any atom is -0.354 e. The van der Waals surface area contributed by atoms with Gasteiger partial charge in [0, 0.05) is 89.7 Å². The highest BCUT2D eigenvalue weighted by atomic mass is 16.2. The van der Waals surface area contributed by atoms with Gasteiger partial charge in [-0.25, -0.2) is 0 Å². The Kier molecular flexibility index (Phi) is 11.5. The average Bonchev–Trinajstić information content (AvgIpc) is 4.02. The first-order chi connectivity index (χ1) is 30.4. The minimum absolute atomic E-state index is 0.0360. The largest absolute Gasteiger partial charge is 0.354 e. The number of aromatic nitrogens is 3. The van der Waals surface area contributed by atoms with Crippen LogP contribution in [0.1, 0.15) is 118 Å². The fourth-order valence-corrected chi connectivity index (χ4v) is 10.2. The zero-order chi connectivity index (χ0) is 43.8. The second kappa shape index (κ2) is 17.3. The second-order valence-corrected chi connectivity index (χ2v) is 18.4. The molecule has 2 aliphatic rings. The number of aromatic amines is 1. The Bertz CT molecular complexity index is 2660. The summed E-state index contributed by atoms with van der Waals surface area (Å²) in [7, 11) is 0. The lowest BCUT2D eigenvalue weighted by Gasteiger charge is -2.33. The lowest BCUT2D eigenvalue weighted by atomic mass is 9.81. The lowest BCUT2D eigenvalue weighted by Crippen LogP contribution is -2.45. The van der Waals surface area contributed by atoms with Gasteiger partial charge in [0.1, 0.15) is 0 Å². The molecule has 1 atom stereocenters. The van der Waals surface area contributed by atoms with E-state index in [0.717, 1.165) is 64.5 Å². The van der Waals surface area contributed by atoms with E-state index in [-0.39, 0.29) is 23.4 Å². The summed E-state index contributed by atoms with van der Waals surface area (Å²) in [6, 6.07) is 36.9. The molecule has 4 aromatic carbocycles. The molecular weight excluding hydrogens is 779 g/mol. The van der Waals surface area contributed by atoms with Crippen molar-refractivity contribution in [2.45, 2.75) is 96.8 Å². The molecule has 2 saturated heterocycles. The van der Waals surface area contributed by atoms with Crippen LogP contribution in [0.15, 0.2) is 134 Å². The minimum atomic E-state index is -0.681. The van der Waals surface area contributed by atoms with Gasteiger partial charge in [-0.2, -0.15) is 0 Å². The molecule has 63 heavy (non-hydrogen) atoms. The molecule has 1 amide bonds. The number of fused-ring (bicyclic) bond motifs is 3. The third-order valence-electron chi connectivity index (χ3n) is 13.4. The van der Waals surface area contributed by atoms with Crippen LogP contribution in [0.4, 0.5) is 0 Å². The number of benzene rings is 4. The highest BCUT2D eigenvalue weighted by Crippen LogP contribution is 2.43. The molecule has 318 valence electrons. The molecular formula is C55H55N5O3. The van der Waals surface area contributed by atoms with E-state index in [2.05, 4.69) is 95.8 Å². The number of H-pyrrole nitrogens is 1. The Morgan fingerprint density at radius 2 is 1.14 bits per heavy atom. The summed E-state index contributed by atoms with van der Waals surface area (Å²) in [4.78, 5) is 57.7. The quantitative estimate of drug-likeness (QED) is 0.110. The van der Waals surface area contributed by atoms with Gasteiger partial charge >= 0.3 is 0 Å². The average molecular weight is 834 g/mol. The molecule has 0 aliphatic carbocycles. The summed E-state index contributed by atoms with van der Waals surface area (Å²) in [5.74, 6) is 0.218. The predicted octanol–water partition coefficient (Wildman–Crippen LogP) is 10.9. The standard InChI is InChI=1S/C55H55N5O3/c1-35-28-36(2)30-44(29-35)51-50(48-31-45(14-19-49(48)58-51)55(4,5)54(63)60-46-15-16-47(60)18-17-46)37(3)32-59(33-38-6-10-40(11-7-38)52(61)42-20-24-56-25-21-42)34-39-8-12-41(13-9-39)53(62)43-22-26-57-27-23-43/h6-14,19-31,37,46-47,58H,15-18,32-34H2,1-5H3. The highest BCUT2D eigenvalue weighted by molar-refractivity contribution is 6.09. The van der Waals surface area contributed by atoms with Gasteiger partial charge < -0.3 is 9.88 Å². The zero-order valence-electron chi connectivity index (χ0n) is 36.9. The summed E-state index contributed by atoms with van der Waals surface area (Å²) in [6.45, 7) is 12.8. The van der Waals surface area contributed by atoms with Crippen molar-refractivity contribution in [3.8, 4) is 11.3 Å². The van der Waals surface area contributed by atoms with E-state index in [4.69, 9.17) is 0 Å². The molecule has 2 aliphatic heterocycles. The van der Waals surface area contributed by atoms with Crippen LogP contribution in [0.25, 0.3) is 22.2 Å². The van der Waals surface area contributed by atoms with Gasteiger partial charge in [0.2, 0.25) is 5.91 Å². The summed E-state index contributed by atoms with van der Waals surface area (Å²) < 4.78 is 0. The Morgan fingerprint density at radius 3 is 1.63 bits per heavy atom. The van der Waals surface area contributed by atoms with Crippen molar-refractivity contribution in [2.75, 3.05) is 6.54 Å². The van der Waals surface area contributed by atoms with Crippen LogP contribution >= 0.6 is 0 Å². The number of hydrogen-bond donors (Lipinski definition) is 1. The lowest BCUT2D eigenvalue weighted by molar-refractivity contribution is -0.137. The molecule has 7 aromatic rings. The molecule has 2 fully saturated rings. The number of hydrogen-bond acceptors (Lipinski definition) is 6. The van der Waals surface area contributed by atoms with Crippen molar-refractivity contribution >= 4 is 28.4 Å². The van der Waals surface area contributed by atoms with Crippen molar-refractivity contribution < 1.29 is 14.4 Å². The number of carbonyl (C=O) groups is 3. The van der Waals surface area contributed by atoms with Crippen LogP contribution in [-0.4, -0.2) is 60.9 Å². The number of ketones is 2. The molecule has 2 bridgehead atoms. The fourth-order valence-electron chi connectivity index (χ4n) is 10.2. The molecule has 3 aromatic heterocycles. The van der Waals surface area contributed by atoms with Gasteiger partial charge in [0.15, 0.2) is 11.6 Å². The molecule has 1 N–H and O–H groups in total. The summed E-state index contributed by atoms with van der Waals surface area (Å²) in [6.07, 6.45) is 11.0. The predicted molar refractivity (Wildman–Crippen MR) is 250 cm³/mol. The summed E-state index contributed by atoms with van der Waals surface area (Å²) >= 11 is 0. The van der Waals surface area contributed by atoms with E-state index in [0.29, 0.717) is 54.0 Å². The van der Waals surface area contributed by atoms with E-state index in [1.165, 1.54) is 16.7 Å². The van der Waals surface area contributed by atoms with Gasteiger partial charge in [-0.05, 0) is 136 Å². The normalized spacial score (nSPS) is 16.5. The maximum Gasteiger partial charge on any atom is 0.233 e. The maximum atomic E-state index is 14.4. The summed E-state index contributed by atoms with van der Waals surface area (Å²) in [5.41, 5.74) is 11.9. The molecule has 8 heteroatoms. The van der Waals surface area contributed by atoms with E-state index < -0.39 is 5.41 Å². The van der Waals surface area contributed by atoms with Crippen molar-refractivity contribution in [1.82, 2.24) is 24.8 Å². The number of carbonyl (C=O) groups excluding carboxylic acids is 3. The molecule has 9 rings (SSSR count). The Hall–Kier alpha value is -6.51. The Morgan fingerprint density at radius 1 is 0.667 bits per heavy atom. The van der Waals surface area contributed by atoms with Crippen molar-refractivity contribution in [3.05, 3.63) is 190 Å². The van der Waals surface area contributed by atoms with Crippen LogP contribution in [0.3, 0.4) is 0 Å². The van der Waals surface area contributed by atoms with Crippen molar-refractivity contribution in [2.24, 2.45) is 0 Å². The highest BCUT2D eigenvalue weighted by Gasteiger charge is 2.47. The second-order valence-electron chi connectivity index (χ2n) is 18.4. The monoisotopic (exact) mass is 833 g/mol. The first kappa shape index (κ1) is 41.8.